The largest absolute Gasteiger partial charge is 0.493 e. The second kappa shape index (κ2) is 8.48. The number of carbonyl (C=O) groups excluding carboxylic acids is 1. The lowest BCUT2D eigenvalue weighted by Crippen LogP contribution is -2.44. The molecule has 1 saturated carbocycles. The number of hydrogen-bond donors (Lipinski definition) is 2. The van der Waals surface area contributed by atoms with Crippen LogP contribution in [0.4, 0.5) is 5.69 Å². The van der Waals surface area contributed by atoms with Crippen molar-refractivity contribution in [1.82, 2.24) is 4.72 Å². The molecule has 1 aliphatic rings. The van der Waals surface area contributed by atoms with E-state index in [1.165, 1.54) is 6.92 Å². The van der Waals surface area contributed by atoms with Crippen molar-refractivity contribution < 1.29 is 17.9 Å². The normalized spacial score (nSPS) is 21.2. The summed E-state index contributed by atoms with van der Waals surface area (Å²) in [5.74, 6) is 0.876. The van der Waals surface area contributed by atoms with E-state index >= 15 is 0 Å². The molecule has 1 fully saturated rings. The van der Waals surface area contributed by atoms with Crippen molar-refractivity contribution in [3.63, 3.8) is 0 Å². The quantitative estimate of drug-likeness (QED) is 0.788. The van der Waals surface area contributed by atoms with Gasteiger partial charge in [-0.2, -0.15) is 0 Å². The van der Waals surface area contributed by atoms with Crippen molar-refractivity contribution in [2.75, 3.05) is 17.7 Å². The second-order valence-corrected chi connectivity index (χ2v) is 8.23. The minimum absolute atomic E-state index is 0.0534. The van der Waals surface area contributed by atoms with Gasteiger partial charge < -0.3 is 10.1 Å². The van der Waals surface area contributed by atoms with Crippen molar-refractivity contribution in [3.05, 3.63) is 24.3 Å². The predicted molar refractivity (Wildman–Crippen MR) is 94.6 cm³/mol. The van der Waals surface area contributed by atoms with E-state index < -0.39 is 10.0 Å². The highest BCUT2D eigenvalue weighted by Gasteiger charge is 2.28. The molecule has 1 aromatic rings. The topological polar surface area (TPSA) is 84.5 Å². The zero-order valence-corrected chi connectivity index (χ0v) is 15.1. The summed E-state index contributed by atoms with van der Waals surface area (Å²) in [5.41, 5.74) is 0.723. The molecule has 1 amide bonds. The number of carbonyl (C=O) groups is 1. The number of hydrogen-bond acceptors (Lipinski definition) is 4. The van der Waals surface area contributed by atoms with Gasteiger partial charge in [-0.1, -0.05) is 12.8 Å². The standard InChI is InChI=1S/C17H26N2O4S/c1-3-24(21,22)19-17-7-5-4-6-14(17)12-23-16-10-8-15(9-11-16)18-13(2)20/h8-11,14,17,19H,3-7,12H2,1-2H3,(H,18,20)/t14-,17+/m1/s1. The second-order valence-electron chi connectivity index (χ2n) is 6.19. The lowest BCUT2D eigenvalue weighted by molar-refractivity contribution is -0.114. The molecule has 0 unspecified atom stereocenters. The van der Waals surface area contributed by atoms with Crippen LogP contribution in [0, 0.1) is 5.92 Å². The van der Waals surface area contributed by atoms with Gasteiger partial charge in [0, 0.05) is 24.6 Å². The van der Waals surface area contributed by atoms with E-state index in [1.807, 2.05) is 0 Å². The predicted octanol–water partition coefficient (Wildman–Crippen LogP) is 2.52. The Morgan fingerprint density at radius 3 is 2.50 bits per heavy atom. The van der Waals surface area contributed by atoms with Crippen LogP contribution < -0.4 is 14.8 Å². The van der Waals surface area contributed by atoms with Gasteiger partial charge in [0.25, 0.3) is 0 Å². The first-order valence-corrected chi connectivity index (χ1v) is 10.1. The van der Waals surface area contributed by atoms with Crippen LogP contribution >= 0.6 is 0 Å². The highest BCUT2D eigenvalue weighted by atomic mass is 32.2. The maximum absolute atomic E-state index is 11.8. The van der Waals surface area contributed by atoms with Gasteiger partial charge in [0.2, 0.25) is 15.9 Å². The molecule has 0 bridgehead atoms. The molecule has 2 atom stereocenters. The molecule has 0 radical (unpaired) electrons. The molecular weight excluding hydrogens is 328 g/mol. The molecule has 134 valence electrons. The van der Waals surface area contributed by atoms with Gasteiger partial charge in [0.15, 0.2) is 0 Å². The monoisotopic (exact) mass is 354 g/mol. The molecular formula is C17H26N2O4S. The Morgan fingerprint density at radius 1 is 1.21 bits per heavy atom. The van der Waals surface area contributed by atoms with Gasteiger partial charge in [-0.15, -0.1) is 0 Å². The summed E-state index contributed by atoms with van der Waals surface area (Å²) in [6.07, 6.45) is 3.95. The van der Waals surface area contributed by atoms with Crippen molar-refractivity contribution in [1.29, 1.82) is 0 Å². The number of anilines is 1. The third kappa shape index (κ3) is 5.79. The Kier molecular flexibility index (Phi) is 6.62. The molecule has 1 aliphatic carbocycles. The summed E-state index contributed by atoms with van der Waals surface area (Å²) >= 11 is 0. The van der Waals surface area contributed by atoms with Gasteiger partial charge in [-0.3, -0.25) is 4.79 Å². The fraction of sp³-hybridized carbons (Fsp3) is 0.588. The zero-order valence-electron chi connectivity index (χ0n) is 14.2. The lowest BCUT2D eigenvalue weighted by atomic mass is 9.86. The summed E-state index contributed by atoms with van der Waals surface area (Å²) < 4.78 is 32.3. The lowest BCUT2D eigenvalue weighted by Gasteiger charge is -2.31. The fourth-order valence-electron chi connectivity index (χ4n) is 2.92. The Bertz CT molecular complexity index is 643. The maximum atomic E-state index is 11.8. The number of ether oxygens (including phenoxy) is 1. The average Bonchev–Trinajstić information content (AvgIpc) is 2.54. The van der Waals surface area contributed by atoms with E-state index in [0.29, 0.717) is 12.4 Å². The Balaban J connectivity index is 1.92. The van der Waals surface area contributed by atoms with Crippen LogP contribution in [0.15, 0.2) is 24.3 Å². The number of rotatable bonds is 7. The average molecular weight is 354 g/mol. The fourth-order valence-corrected chi connectivity index (χ4v) is 3.86. The van der Waals surface area contributed by atoms with E-state index in [0.717, 1.165) is 31.4 Å². The van der Waals surface area contributed by atoms with Gasteiger partial charge in [0.1, 0.15) is 5.75 Å². The number of amides is 1. The van der Waals surface area contributed by atoms with Crippen LogP contribution in [0.2, 0.25) is 0 Å². The van der Waals surface area contributed by atoms with Gasteiger partial charge in [-0.05, 0) is 44.0 Å². The number of benzene rings is 1. The van der Waals surface area contributed by atoms with Crippen molar-refractivity contribution >= 4 is 21.6 Å². The van der Waals surface area contributed by atoms with E-state index in [2.05, 4.69) is 10.0 Å². The van der Waals surface area contributed by atoms with Crippen LogP contribution in [0.1, 0.15) is 39.5 Å². The Hall–Kier alpha value is -1.60. The molecule has 1 aromatic carbocycles. The van der Waals surface area contributed by atoms with Crippen LogP contribution in [0.5, 0.6) is 5.75 Å². The van der Waals surface area contributed by atoms with Crippen LogP contribution in [0.3, 0.4) is 0 Å². The smallest absolute Gasteiger partial charge is 0.221 e. The van der Waals surface area contributed by atoms with Crippen molar-refractivity contribution in [2.45, 2.75) is 45.6 Å². The number of sulfonamides is 1. The highest BCUT2D eigenvalue weighted by Crippen LogP contribution is 2.26. The maximum Gasteiger partial charge on any atom is 0.221 e. The summed E-state index contributed by atoms with van der Waals surface area (Å²) in [6.45, 7) is 3.59. The third-order valence-corrected chi connectivity index (χ3v) is 5.68. The zero-order chi connectivity index (χ0) is 17.6. The number of nitrogens with one attached hydrogen (secondary N) is 2. The summed E-state index contributed by atoms with van der Waals surface area (Å²) in [6, 6.07) is 7.13. The van der Waals surface area contributed by atoms with Gasteiger partial charge >= 0.3 is 0 Å². The Morgan fingerprint density at radius 2 is 1.88 bits per heavy atom. The molecule has 0 spiro atoms. The molecule has 0 saturated heterocycles. The van der Waals surface area contributed by atoms with Crippen LogP contribution in [0.25, 0.3) is 0 Å². The van der Waals surface area contributed by atoms with Gasteiger partial charge in [0.05, 0.1) is 12.4 Å². The van der Waals surface area contributed by atoms with Crippen LogP contribution in [-0.4, -0.2) is 32.7 Å². The SMILES string of the molecule is CCS(=O)(=O)N[C@H]1CCCC[C@@H]1COc1ccc(NC(C)=O)cc1. The third-order valence-electron chi connectivity index (χ3n) is 4.26. The summed E-state index contributed by atoms with van der Waals surface area (Å²) in [4.78, 5) is 11.0. The molecule has 0 aliphatic heterocycles. The first-order chi connectivity index (χ1) is 11.4. The first kappa shape index (κ1) is 18.7. The van der Waals surface area contributed by atoms with Crippen LogP contribution in [-0.2, 0) is 14.8 Å². The van der Waals surface area contributed by atoms with E-state index in [-0.39, 0.29) is 23.6 Å². The van der Waals surface area contributed by atoms with Crippen molar-refractivity contribution in [2.24, 2.45) is 5.92 Å². The van der Waals surface area contributed by atoms with E-state index in [1.54, 1.807) is 31.2 Å². The molecule has 24 heavy (non-hydrogen) atoms. The van der Waals surface area contributed by atoms with Crippen molar-refractivity contribution in [3.8, 4) is 5.75 Å². The molecule has 2 N–H and O–H groups in total. The molecule has 6 nitrogen and oxygen atoms in total. The molecule has 0 aromatic heterocycles. The first-order valence-electron chi connectivity index (χ1n) is 8.40. The Labute approximate surface area is 144 Å². The minimum Gasteiger partial charge on any atom is -0.493 e. The van der Waals surface area contributed by atoms with E-state index in [4.69, 9.17) is 4.74 Å². The minimum atomic E-state index is -3.20. The van der Waals surface area contributed by atoms with E-state index in [9.17, 15) is 13.2 Å². The highest BCUT2D eigenvalue weighted by molar-refractivity contribution is 7.89. The van der Waals surface area contributed by atoms with Gasteiger partial charge in [-0.25, -0.2) is 13.1 Å². The molecule has 0 heterocycles. The summed E-state index contributed by atoms with van der Waals surface area (Å²) in [5, 5.41) is 2.71. The molecule has 7 heteroatoms. The molecule has 2 rings (SSSR count). The summed E-state index contributed by atoms with van der Waals surface area (Å²) in [7, 11) is -3.20.